The number of carboxylic acids is 1. The summed E-state index contributed by atoms with van der Waals surface area (Å²) in [7, 11) is 0. The Morgan fingerprint density at radius 2 is 1.85 bits per heavy atom. The van der Waals surface area contributed by atoms with Crippen LogP contribution in [-0.2, 0) is 9.59 Å². The first-order valence-corrected chi connectivity index (χ1v) is 6.61. The molecule has 0 saturated carbocycles. The molecule has 0 aromatic carbocycles. The van der Waals surface area contributed by atoms with Crippen LogP contribution in [-0.4, -0.2) is 53.0 Å². The van der Waals surface area contributed by atoms with Crippen molar-refractivity contribution >= 4 is 17.7 Å². The highest BCUT2D eigenvalue weighted by atomic mass is 16.4. The molecule has 1 aliphatic rings. The minimum Gasteiger partial charge on any atom is -0.480 e. The zero-order chi connectivity index (χ0) is 14.8. The Bertz CT molecular complexity index is 494. The summed E-state index contributed by atoms with van der Waals surface area (Å²) in [5.41, 5.74) is -1.37. The van der Waals surface area contributed by atoms with Crippen molar-refractivity contribution in [3.63, 3.8) is 0 Å². The van der Waals surface area contributed by atoms with Gasteiger partial charge in [-0.15, -0.1) is 0 Å². The Kier molecular flexibility index (Phi) is 3.92. The van der Waals surface area contributed by atoms with Crippen LogP contribution in [0.1, 0.15) is 13.8 Å². The predicted molar refractivity (Wildman–Crippen MR) is 74.4 cm³/mol. The summed E-state index contributed by atoms with van der Waals surface area (Å²) >= 11 is 0. The second kappa shape index (κ2) is 5.48. The molecule has 20 heavy (non-hydrogen) atoms. The third kappa shape index (κ3) is 2.74. The average Bonchev–Trinajstić information content (AvgIpc) is 2.47. The number of hydrogen-bond donors (Lipinski definition) is 1. The van der Waals surface area contributed by atoms with Gasteiger partial charge in [0.05, 0.1) is 0 Å². The summed E-state index contributed by atoms with van der Waals surface area (Å²) in [5.74, 6) is -0.530. The molecule has 0 radical (unpaired) electrons. The Labute approximate surface area is 118 Å². The number of anilines is 1. The van der Waals surface area contributed by atoms with Crippen LogP contribution in [0.15, 0.2) is 24.4 Å². The third-order valence-electron chi connectivity index (χ3n) is 3.61. The first-order chi connectivity index (χ1) is 9.43. The van der Waals surface area contributed by atoms with Crippen LogP contribution in [0.2, 0.25) is 0 Å². The third-order valence-corrected chi connectivity index (χ3v) is 3.61. The molecular formula is C14H19N3O3. The van der Waals surface area contributed by atoms with Crippen molar-refractivity contribution in [2.45, 2.75) is 13.8 Å². The average molecular weight is 277 g/mol. The standard InChI is InChI=1S/C14H19N3O3/c1-14(2,13(19)20)12(18)17-9-7-16(8-10-17)11-5-3-4-6-15-11/h3-6H,7-10H2,1-2H3,(H,19,20). The fraction of sp³-hybridized carbons (Fsp3) is 0.500. The van der Waals surface area contributed by atoms with Gasteiger partial charge >= 0.3 is 5.97 Å². The lowest BCUT2D eigenvalue weighted by Crippen LogP contribution is -2.53. The minimum atomic E-state index is -1.37. The Morgan fingerprint density at radius 3 is 2.35 bits per heavy atom. The first kappa shape index (κ1) is 14.3. The molecule has 6 nitrogen and oxygen atoms in total. The number of aliphatic carboxylic acids is 1. The molecule has 1 N–H and O–H groups in total. The van der Waals surface area contributed by atoms with Gasteiger partial charge in [0.1, 0.15) is 11.2 Å². The summed E-state index contributed by atoms with van der Waals surface area (Å²) in [5, 5.41) is 9.10. The highest BCUT2D eigenvalue weighted by Crippen LogP contribution is 2.21. The highest BCUT2D eigenvalue weighted by molar-refractivity contribution is 6.01. The van der Waals surface area contributed by atoms with E-state index in [1.54, 1.807) is 11.1 Å². The second-order valence-corrected chi connectivity index (χ2v) is 5.40. The molecule has 0 unspecified atom stereocenters. The quantitative estimate of drug-likeness (QED) is 0.829. The molecule has 1 fully saturated rings. The van der Waals surface area contributed by atoms with E-state index in [-0.39, 0.29) is 5.91 Å². The summed E-state index contributed by atoms with van der Waals surface area (Å²) in [6.07, 6.45) is 1.74. The monoisotopic (exact) mass is 277 g/mol. The van der Waals surface area contributed by atoms with Crippen LogP contribution in [0.4, 0.5) is 5.82 Å². The number of aromatic nitrogens is 1. The van der Waals surface area contributed by atoms with Crippen molar-refractivity contribution in [1.29, 1.82) is 0 Å². The van der Waals surface area contributed by atoms with E-state index < -0.39 is 11.4 Å². The van der Waals surface area contributed by atoms with E-state index in [0.717, 1.165) is 5.82 Å². The molecule has 1 aromatic rings. The molecule has 2 rings (SSSR count). The fourth-order valence-corrected chi connectivity index (χ4v) is 2.17. The molecule has 108 valence electrons. The number of carbonyl (C=O) groups is 2. The Hall–Kier alpha value is -2.11. The van der Waals surface area contributed by atoms with E-state index in [4.69, 9.17) is 5.11 Å². The van der Waals surface area contributed by atoms with Crippen molar-refractivity contribution in [2.75, 3.05) is 31.1 Å². The molecule has 6 heteroatoms. The molecule has 0 atom stereocenters. The molecule has 1 amide bonds. The zero-order valence-electron chi connectivity index (χ0n) is 11.7. The number of hydrogen-bond acceptors (Lipinski definition) is 4. The van der Waals surface area contributed by atoms with Gasteiger partial charge in [-0.1, -0.05) is 6.07 Å². The van der Waals surface area contributed by atoms with Gasteiger partial charge in [0.15, 0.2) is 0 Å². The molecular weight excluding hydrogens is 258 g/mol. The van der Waals surface area contributed by atoms with Crippen molar-refractivity contribution in [1.82, 2.24) is 9.88 Å². The van der Waals surface area contributed by atoms with Gasteiger partial charge in [-0.2, -0.15) is 0 Å². The number of pyridine rings is 1. The summed E-state index contributed by atoms with van der Waals surface area (Å²) in [6, 6.07) is 5.71. The minimum absolute atomic E-state index is 0.328. The van der Waals surface area contributed by atoms with Crippen molar-refractivity contribution in [3.8, 4) is 0 Å². The number of piperazine rings is 1. The molecule has 1 aliphatic heterocycles. The SMILES string of the molecule is CC(C)(C(=O)O)C(=O)N1CCN(c2ccccn2)CC1. The van der Waals surface area contributed by atoms with Crippen LogP contribution in [0.3, 0.4) is 0 Å². The van der Waals surface area contributed by atoms with Gasteiger partial charge < -0.3 is 14.9 Å². The van der Waals surface area contributed by atoms with Crippen molar-refractivity contribution < 1.29 is 14.7 Å². The maximum Gasteiger partial charge on any atom is 0.318 e. The normalized spacial score (nSPS) is 16.1. The fourth-order valence-electron chi connectivity index (χ4n) is 2.17. The van der Waals surface area contributed by atoms with Gasteiger partial charge in [0.2, 0.25) is 5.91 Å². The lowest BCUT2D eigenvalue weighted by Gasteiger charge is -2.37. The Balaban J connectivity index is 1.98. The van der Waals surface area contributed by atoms with E-state index in [1.165, 1.54) is 13.8 Å². The van der Waals surface area contributed by atoms with Gasteiger partial charge in [-0.25, -0.2) is 4.98 Å². The molecule has 0 spiro atoms. The lowest BCUT2D eigenvalue weighted by molar-refractivity contribution is -0.158. The highest BCUT2D eigenvalue weighted by Gasteiger charge is 2.40. The van der Waals surface area contributed by atoms with Crippen LogP contribution in [0, 0.1) is 5.41 Å². The van der Waals surface area contributed by atoms with Crippen LogP contribution in [0.5, 0.6) is 0 Å². The number of nitrogens with zero attached hydrogens (tertiary/aromatic N) is 3. The van der Waals surface area contributed by atoms with E-state index in [2.05, 4.69) is 9.88 Å². The summed E-state index contributed by atoms with van der Waals surface area (Å²) in [4.78, 5) is 31.3. The largest absolute Gasteiger partial charge is 0.480 e. The Morgan fingerprint density at radius 1 is 1.20 bits per heavy atom. The summed E-state index contributed by atoms with van der Waals surface area (Å²) < 4.78 is 0. The zero-order valence-corrected chi connectivity index (χ0v) is 11.7. The summed E-state index contributed by atoms with van der Waals surface area (Å²) in [6.45, 7) is 5.26. The van der Waals surface area contributed by atoms with Crippen LogP contribution >= 0.6 is 0 Å². The van der Waals surface area contributed by atoms with Crippen molar-refractivity contribution in [2.24, 2.45) is 5.41 Å². The molecule has 0 bridgehead atoms. The molecule has 2 heterocycles. The number of carbonyl (C=O) groups excluding carboxylic acids is 1. The maximum atomic E-state index is 12.2. The lowest BCUT2D eigenvalue weighted by atomic mass is 9.91. The second-order valence-electron chi connectivity index (χ2n) is 5.40. The van der Waals surface area contributed by atoms with E-state index in [0.29, 0.717) is 26.2 Å². The van der Waals surface area contributed by atoms with Crippen molar-refractivity contribution in [3.05, 3.63) is 24.4 Å². The van der Waals surface area contributed by atoms with Gasteiger partial charge in [-0.3, -0.25) is 9.59 Å². The van der Waals surface area contributed by atoms with E-state index in [9.17, 15) is 9.59 Å². The smallest absolute Gasteiger partial charge is 0.318 e. The predicted octanol–water partition coefficient (Wildman–Crippen LogP) is 0.841. The maximum absolute atomic E-state index is 12.2. The number of rotatable bonds is 3. The van der Waals surface area contributed by atoms with E-state index in [1.807, 2.05) is 18.2 Å². The van der Waals surface area contributed by atoms with Gasteiger partial charge in [0.25, 0.3) is 0 Å². The van der Waals surface area contributed by atoms with E-state index >= 15 is 0 Å². The topological polar surface area (TPSA) is 73.7 Å². The van der Waals surface area contributed by atoms with Crippen LogP contribution < -0.4 is 4.90 Å². The molecule has 1 saturated heterocycles. The number of carboxylic acid groups (broad SMARTS) is 1. The van der Waals surface area contributed by atoms with Crippen LogP contribution in [0.25, 0.3) is 0 Å². The first-order valence-electron chi connectivity index (χ1n) is 6.61. The molecule has 1 aromatic heterocycles. The number of amides is 1. The van der Waals surface area contributed by atoms with Gasteiger partial charge in [-0.05, 0) is 26.0 Å². The van der Waals surface area contributed by atoms with Gasteiger partial charge in [0, 0.05) is 32.4 Å². The molecule has 0 aliphatic carbocycles.